The number of alkyl halides is 3. The number of nitrogens with one attached hydrogen (secondary N) is 1. The number of carbonyl (C=O) groups is 2. The zero-order valence-corrected chi connectivity index (χ0v) is 11.9. The molecule has 21 heavy (non-hydrogen) atoms. The number of likely N-dealkylation sites (N-methyl/N-ethyl adjacent to an activating group) is 1. The molecule has 1 N–H and O–H groups in total. The van der Waals surface area contributed by atoms with Crippen molar-refractivity contribution in [2.75, 3.05) is 33.2 Å². The Hall–Kier alpha value is -1.31. The average Bonchev–Trinajstić information content (AvgIpc) is 2.95. The van der Waals surface area contributed by atoms with Gasteiger partial charge in [0.05, 0.1) is 5.92 Å². The average molecular weight is 307 g/mol. The van der Waals surface area contributed by atoms with E-state index in [9.17, 15) is 22.8 Å². The molecule has 5 nitrogen and oxygen atoms in total. The van der Waals surface area contributed by atoms with E-state index in [4.69, 9.17) is 0 Å². The van der Waals surface area contributed by atoms with E-state index in [1.807, 2.05) is 0 Å². The molecule has 2 aliphatic heterocycles. The van der Waals surface area contributed by atoms with E-state index >= 15 is 0 Å². The SMILES string of the molecule is CNC[C@@H]1CCCN1C(=O)[C@H]1CC(=O)N(CC(F)(F)F)C1. The molecule has 2 fully saturated rings. The molecule has 0 aromatic carbocycles. The first-order valence-electron chi connectivity index (χ1n) is 7.11. The summed E-state index contributed by atoms with van der Waals surface area (Å²) in [6.45, 7) is -0.108. The van der Waals surface area contributed by atoms with Crippen LogP contribution in [0.4, 0.5) is 13.2 Å². The third kappa shape index (κ3) is 3.87. The van der Waals surface area contributed by atoms with Gasteiger partial charge in [0.15, 0.2) is 0 Å². The molecular formula is C13H20F3N3O2. The van der Waals surface area contributed by atoms with Crippen LogP contribution in [0.2, 0.25) is 0 Å². The molecule has 0 bridgehead atoms. The Labute approximate surface area is 121 Å². The lowest BCUT2D eigenvalue weighted by atomic mass is 10.1. The van der Waals surface area contributed by atoms with Gasteiger partial charge < -0.3 is 15.1 Å². The van der Waals surface area contributed by atoms with Crippen LogP contribution in [-0.4, -0.2) is 67.1 Å². The molecule has 2 heterocycles. The molecule has 0 saturated carbocycles. The van der Waals surface area contributed by atoms with Gasteiger partial charge in [0.25, 0.3) is 0 Å². The van der Waals surface area contributed by atoms with Gasteiger partial charge in [-0.25, -0.2) is 0 Å². The molecule has 2 amide bonds. The summed E-state index contributed by atoms with van der Waals surface area (Å²) in [6, 6.07) is 0.0780. The van der Waals surface area contributed by atoms with Gasteiger partial charge in [-0.3, -0.25) is 9.59 Å². The molecule has 0 aromatic rings. The number of amides is 2. The van der Waals surface area contributed by atoms with Gasteiger partial charge in [-0.2, -0.15) is 13.2 Å². The summed E-state index contributed by atoms with van der Waals surface area (Å²) in [5.74, 6) is -1.42. The fraction of sp³-hybridized carbons (Fsp3) is 0.846. The van der Waals surface area contributed by atoms with Crippen molar-refractivity contribution in [3.63, 3.8) is 0 Å². The Balaban J connectivity index is 1.96. The number of hydrogen-bond acceptors (Lipinski definition) is 3. The van der Waals surface area contributed by atoms with E-state index in [0.717, 1.165) is 17.7 Å². The van der Waals surface area contributed by atoms with Crippen molar-refractivity contribution in [2.24, 2.45) is 5.92 Å². The summed E-state index contributed by atoms with van der Waals surface area (Å²) in [5, 5.41) is 3.01. The number of nitrogens with zero attached hydrogens (tertiary/aromatic N) is 2. The highest BCUT2D eigenvalue weighted by molar-refractivity contribution is 5.89. The summed E-state index contributed by atoms with van der Waals surface area (Å²) in [7, 11) is 1.80. The van der Waals surface area contributed by atoms with Gasteiger partial charge in [0, 0.05) is 32.1 Å². The van der Waals surface area contributed by atoms with E-state index in [1.165, 1.54) is 0 Å². The predicted molar refractivity (Wildman–Crippen MR) is 69.4 cm³/mol. The van der Waals surface area contributed by atoms with Gasteiger partial charge >= 0.3 is 6.18 Å². The quantitative estimate of drug-likeness (QED) is 0.828. The second-order valence-corrected chi connectivity index (χ2v) is 5.68. The van der Waals surface area contributed by atoms with Crippen molar-refractivity contribution in [1.82, 2.24) is 15.1 Å². The summed E-state index contributed by atoms with van der Waals surface area (Å²) in [5.41, 5.74) is 0. The highest BCUT2D eigenvalue weighted by Gasteiger charge is 2.43. The number of rotatable bonds is 4. The second kappa shape index (κ2) is 6.21. The molecule has 2 atom stereocenters. The lowest BCUT2D eigenvalue weighted by Crippen LogP contribution is -2.44. The molecule has 2 saturated heterocycles. The second-order valence-electron chi connectivity index (χ2n) is 5.68. The minimum absolute atomic E-state index is 0.0780. The molecule has 2 aliphatic rings. The smallest absolute Gasteiger partial charge is 0.338 e. The fourth-order valence-corrected chi connectivity index (χ4v) is 3.12. The maximum atomic E-state index is 12.4. The van der Waals surface area contributed by atoms with Crippen molar-refractivity contribution in [3.8, 4) is 0 Å². The number of hydrogen-bond donors (Lipinski definition) is 1. The zero-order valence-electron chi connectivity index (χ0n) is 11.9. The summed E-state index contributed by atoms with van der Waals surface area (Å²) >= 11 is 0. The first kappa shape index (κ1) is 16.1. The summed E-state index contributed by atoms with van der Waals surface area (Å²) in [6.07, 6.45) is -2.75. The fourth-order valence-electron chi connectivity index (χ4n) is 3.12. The first-order chi connectivity index (χ1) is 9.81. The van der Waals surface area contributed by atoms with Crippen molar-refractivity contribution in [2.45, 2.75) is 31.5 Å². The van der Waals surface area contributed by atoms with Gasteiger partial charge in [0.1, 0.15) is 6.54 Å². The Morgan fingerprint density at radius 1 is 1.43 bits per heavy atom. The van der Waals surface area contributed by atoms with E-state index < -0.39 is 24.5 Å². The summed E-state index contributed by atoms with van der Waals surface area (Å²) in [4.78, 5) is 26.5. The first-order valence-corrected chi connectivity index (χ1v) is 7.11. The maximum Gasteiger partial charge on any atom is 0.406 e. The zero-order chi connectivity index (χ0) is 15.6. The van der Waals surface area contributed by atoms with Crippen LogP contribution in [0.1, 0.15) is 19.3 Å². The van der Waals surface area contributed by atoms with Crippen LogP contribution in [0.3, 0.4) is 0 Å². The van der Waals surface area contributed by atoms with E-state index in [1.54, 1.807) is 11.9 Å². The highest BCUT2D eigenvalue weighted by Crippen LogP contribution is 2.27. The topological polar surface area (TPSA) is 52.7 Å². The molecule has 0 unspecified atom stereocenters. The molecule has 2 rings (SSSR count). The summed E-state index contributed by atoms with van der Waals surface area (Å²) < 4.78 is 37.1. The Morgan fingerprint density at radius 2 is 2.14 bits per heavy atom. The minimum atomic E-state index is -4.42. The monoisotopic (exact) mass is 307 g/mol. The van der Waals surface area contributed by atoms with Gasteiger partial charge in [-0.15, -0.1) is 0 Å². The largest absolute Gasteiger partial charge is 0.406 e. The third-order valence-corrected chi connectivity index (χ3v) is 4.03. The van der Waals surface area contributed by atoms with Crippen LogP contribution >= 0.6 is 0 Å². The molecule has 8 heteroatoms. The van der Waals surface area contributed by atoms with Crippen LogP contribution in [-0.2, 0) is 9.59 Å². The lowest BCUT2D eigenvalue weighted by molar-refractivity contribution is -0.157. The number of likely N-dealkylation sites (tertiary alicyclic amines) is 2. The predicted octanol–water partition coefficient (Wildman–Crippen LogP) is 0.608. The standard InChI is InChI=1S/C13H20F3N3O2/c1-17-6-10-3-2-4-19(10)12(21)9-5-11(20)18(7-9)8-13(14,15)16/h9-10,17H,2-8H2,1H3/t9-,10-/m0/s1. The van der Waals surface area contributed by atoms with E-state index in [0.29, 0.717) is 13.1 Å². The number of halogens is 3. The Bertz CT molecular complexity index is 414. The van der Waals surface area contributed by atoms with E-state index in [-0.39, 0.29) is 24.9 Å². The van der Waals surface area contributed by atoms with Crippen molar-refractivity contribution < 1.29 is 22.8 Å². The van der Waals surface area contributed by atoms with Crippen molar-refractivity contribution >= 4 is 11.8 Å². The molecule has 120 valence electrons. The van der Waals surface area contributed by atoms with Gasteiger partial charge in [-0.1, -0.05) is 0 Å². The van der Waals surface area contributed by atoms with Crippen molar-refractivity contribution in [3.05, 3.63) is 0 Å². The van der Waals surface area contributed by atoms with Crippen LogP contribution in [0.15, 0.2) is 0 Å². The maximum absolute atomic E-state index is 12.4. The molecule has 0 aromatic heterocycles. The van der Waals surface area contributed by atoms with Crippen LogP contribution < -0.4 is 5.32 Å². The highest BCUT2D eigenvalue weighted by atomic mass is 19.4. The molecule has 0 aliphatic carbocycles. The van der Waals surface area contributed by atoms with Crippen molar-refractivity contribution in [1.29, 1.82) is 0 Å². The van der Waals surface area contributed by atoms with Crippen LogP contribution in [0, 0.1) is 5.92 Å². The Morgan fingerprint density at radius 3 is 2.76 bits per heavy atom. The number of carbonyl (C=O) groups excluding carboxylic acids is 2. The Kier molecular flexibility index (Phi) is 4.75. The van der Waals surface area contributed by atoms with Crippen LogP contribution in [0.25, 0.3) is 0 Å². The molecule has 0 radical (unpaired) electrons. The lowest BCUT2D eigenvalue weighted by Gasteiger charge is -2.27. The minimum Gasteiger partial charge on any atom is -0.338 e. The molecular weight excluding hydrogens is 287 g/mol. The normalized spacial score (nSPS) is 26.8. The van der Waals surface area contributed by atoms with Crippen LogP contribution in [0.5, 0.6) is 0 Å². The van der Waals surface area contributed by atoms with Gasteiger partial charge in [-0.05, 0) is 19.9 Å². The van der Waals surface area contributed by atoms with E-state index in [2.05, 4.69) is 5.32 Å². The third-order valence-electron chi connectivity index (χ3n) is 4.03. The molecule has 0 spiro atoms. The van der Waals surface area contributed by atoms with Gasteiger partial charge in [0.2, 0.25) is 11.8 Å².